The molecule has 0 unspecified atom stereocenters. The van der Waals surface area contributed by atoms with Crippen LogP contribution >= 0.6 is 34.5 Å². The number of carboxylic acids is 1. The zero-order valence-electron chi connectivity index (χ0n) is 24.8. The van der Waals surface area contributed by atoms with E-state index in [9.17, 15) is 14.4 Å². The molecule has 0 spiro atoms. The number of aryl methyl sites for hydroxylation is 2. The van der Waals surface area contributed by atoms with Gasteiger partial charge in [-0.15, -0.1) is 11.3 Å². The lowest BCUT2D eigenvalue weighted by molar-refractivity contribution is -0.137. The van der Waals surface area contributed by atoms with E-state index in [0.717, 1.165) is 40.3 Å². The fraction of sp³-hybridized carbons (Fsp3) is 0.375. The van der Waals surface area contributed by atoms with Gasteiger partial charge in [0.05, 0.1) is 41.3 Å². The van der Waals surface area contributed by atoms with Crippen LogP contribution < -0.4 is 5.32 Å². The fourth-order valence-electron chi connectivity index (χ4n) is 6.12. The van der Waals surface area contributed by atoms with Crippen LogP contribution in [0.1, 0.15) is 44.7 Å². The smallest absolute Gasteiger partial charge is 0.303 e. The number of amides is 2. The molecule has 2 aliphatic rings. The number of thiazole rings is 1. The third kappa shape index (κ3) is 6.59. The largest absolute Gasteiger partial charge is 0.481 e. The van der Waals surface area contributed by atoms with E-state index in [2.05, 4.69) is 15.2 Å². The van der Waals surface area contributed by atoms with E-state index in [0.29, 0.717) is 34.8 Å². The summed E-state index contributed by atoms with van der Waals surface area (Å²) in [5, 5.41) is 14.2. The number of hydrogen-bond donors (Lipinski definition) is 2. The molecule has 2 fully saturated rings. The number of fused-ring (bicyclic) bond motifs is 1. The Bertz CT molecular complexity index is 1770. The first-order chi connectivity index (χ1) is 21.6. The molecule has 6 rings (SSSR count). The van der Waals surface area contributed by atoms with Crippen LogP contribution in [-0.4, -0.2) is 81.1 Å². The number of nitrogens with one attached hydrogen (secondary N) is 1. The average Bonchev–Trinajstić information content (AvgIpc) is 3.72. The number of benzene rings is 2. The summed E-state index contributed by atoms with van der Waals surface area (Å²) in [6, 6.07) is 10.8. The van der Waals surface area contributed by atoms with E-state index in [1.807, 2.05) is 40.8 Å². The monoisotopic (exact) mass is 669 g/mol. The van der Waals surface area contributed by atoms with E-state index in [1.54, 1.807) is 31.6 Å². The first kappa shape index (κ1) is 31.5. The Morgan fingerprint density at radius 2 is 1.91 bits per heavy atom. The van der Waals surface area contributed by atoms with Crippen molar-refractivity contribution in [1.29, 1.82) is 0 Å². The van der Waals surface area contributed by atoms with Gasteiger partial charge in [0.2, 0.25) is 5.91 Å². The standard InChI is InChI=1S/C32H33Cl2N5O5S/c1-37-17-23(22-5-3-4-6-27(22)37)31(43)36-26-12-24(33)18(9-25(26)34)10-29(40)39-14-19(38-15-20(16-38)44-2)11-28(39)32-35-13-21(45-32)7-8-30(41)42/h3-6,9,12-13,17,19-20,28H,7-8,10-11,14-16H2,1-2H3,(H,36,43)(H,41,42)/t19-,28-/m0/s1. The molecule has 2 aromatic heterocycles. The number of carbonyl (C=O) groups is 3. The zero-order chi connectivity index (χ0) is 31.8. The molecule has 10 nitrogen and oxygen atoms in total. The van der Waals surface area contributed by atoms with Crippen LogP contribution in [0.4, 0.5) is 5.69 Å². The number of anilines is 1. The van der Waals surface area contributed by atoms with Crippen molar-refractivity contribution in [2.75, 3.05) is 32.1 Å². The molecule has 2 atom stereocenters. The Morgan fingerprint density at radius 3 is 2.67 bits per heavy atom. The molecular formula is C32H33Cl2N5O5S. The van der Waals surface area contributed by atoms with Crippen molar-refractivity contribution >= 4 is 68.9 Å². The highest BCUT2D eigenvalue weighted by atomic mass is 35.5. The molecule has 4 aromatic rings. The zero-order valence-corrected chi connectivity index (χ0v) is 27.2. The Morgan fingerprint density at radius 1 is 1.13 bits per heavy atom. The van der Waals surface area contributed by atoms with E-state index in [4.69, 9.17) is 33.0 Å². The molecule has 2 saturated heterocycles. The van der Waals surface area contributed by atoms with Crippen molar-refractivity contribution in [3.05, 3.63) is 79.8 Å². The highest BCUT2D eigenvalue weighted by molar-refractivity contribution is 7.11. The van der Waals surface area contributed by atoms with Crippen LogP contribution in [0.2, 0.25) is 10.0 Å². The molecule has 2 amide bonds. The summed E-state index contributed by atoms with van der Waals surface area (Å²) in [6.45, 7) is 2.16. The number of methoxy groups -OCH3 is 1. The van der Waals surface area contributed by atoms with Gasteiger partial charge < -0.3 is 24.6 Å². The third-order valence-electron chi connectivity index (χ3n) is 8.63. The van der Waals surface area contributed by atoms with Gasteiger partial charge in [0.15, 0.2) is 0 Å². The van der Waals surface area contributed by atoms with E-state index in [1.165, 1.54) is 11.3 Å². The first-order valence-corrected chi connectivity index (χ1v) is 16.2. The molecule has 0 aliphatic carbocycles. The van der Waals surface area contributed by atoms with E-state index < -0.39 is 5.97 Å². The number of para-hydroxylation sites is 1. The molecule has 2 N–H and O–H groups in total. The number of halogens is 2. The Labute approximate surface area is 274 Å². The molecule has 0 bridgehead atoms. The number of rotatable bonds is 10. The highest BCUT2D eigenvalue weighted by Crippen LogP contribution is 2.39. The maximum atomic E-state index is 13.9. The van der Waals surface area contributed by atoms with Crippen molar-refractivity contribution in [2.45, 2.75) is 43.9 Å². The summed E-state index contributed by atoms with van der Waals surface area (Å²) in [5.41, 5.74) is 2.37. The van der Waals surface area contributed by atoms with Gasteiger partial charge in [0.25, 0.3) is 5.91 Å². The Kier molecular flexibility index (Phi) is 9.17. The fourth-order valence-corrected chi connectivity index (χ4v) is 7.63. The molecule has 236 valence electrons. The van der Waals surface area contributed by atoms with Gasteiger partial charge in [-0.2, -0.15) is 0 Å². The maximum Gasteiger partial charge on any atom is 0.303 e. The van der Waals surface area contributed by atoms with Gasteiger partial charge in [-0.3, -0.25) is 19.3 Å². The topological polar surface area (TPSA) is 117 Å². The lowest BCUT2D eigenvalue weighted by Crippen LogP contribution is -2.56. The number of likely N-dealkylation sites (tertiary alicyclic amines) is 2. The second-order valence-corrected chi connectivity index (χ2v) is 13.5. The number of carbonyl (C=O) groups excluding carboxylic acids is 2. The summed E-state index contributed by atoms with van der Waals surface area (Å²) in [7, 11) is 3.59. The molecule has 13 heteroatoms. The number of hydrogen-bond acceptors (Lipinski definition) is 7. The van der Waals surface area contributed by atoms with Crippen molar-refractivity contribution in [3.63, 3.8) is 0 Å². The minimum Gasteiger partial charge on any atom is -0.481 e. The first-order valence-electron chi connectivity index (χ1n) is 14.7. The van der Waals surface area contributed by atoms with Crippen molar-refractivity contribution in [1.82, 2.24) is 19.4 Å². The number of nitrogens with zero attached hydrogens (tertiary/aromatic N) is 4. The van der Waals surface area contributed by atoms with Crippen LogP contribution in [0.5, 0.6) is 0 Å². The van der Waals surface area contributed by atoms with Crippen LogP contribution in [0.3, 0.4) is 0 Å². The van der Waals surface area contributed by atoms with Crippen LogP contribution in [-0.2, 0) is 34.2 Å². The number of carboxylic acid groups (broad SMARTS) is 1. The summed E-state index contributed by atoms with van der Waals surface area (Å²) < 4.78 is 7.35. The Hall–Kier alpha value is -3.48. The average molecular weight is 671 g/mol. The van der Waals surface area contributed by atoms with Crippen molar-refractivity contribution < 1.29 is 24.2 Å². The summed E-state index contributed by atoms with van der Waals surface area (Å²) in [4.78, 5) is 47.8. The van der Waals surface area contributed by atoms with Gasteiger partial charge in [-0.1, -0.05) is 41.4 Å². The van der Waals surface area contributed by atoms with Gasteiger partial charge in [-0.05, 0) is 36.6 Å². The summed E-state index contributed by atoms with van der Waals surface area (Å²) >= 11 is 14.8. The quantitative estimate of drug-likeness (QED) is 0.231. The van der Waals surface area contributed by atoms with Crippen molar-refractivity contribution in [2.24, 2.45) is 7.05 Å². The van der Waals surface area contributed by atoms with Crippen LogP contribution in [0, 0.1) is 0 Å². The summed E-state index contributed by atoms with van der Waals surface area (Å²) in [6.07, 6.45) is 4.86. The van der Waals surface area contributed by atoms with Gasteiger partial charge in [-0.25, -0.2) is 4.98 Å². The van der Waals surface area contributed by atoms with Crippen molar-refractivity contribution in [3.8, 4) is 0 Å². The minimum atomic E-state index is -0.858. The predicted octanol–water partition coefficient (Wildman–Crippen LogP) is 5.43. The second kappa shape index (κ2) is 13.1. The molecule has 45 heavy (non-hydrogen) atoms. The molecule has 2 aromatic carbocycles. The predicted molar refractivity (Wildman–Crippen MR) is 174 cm³/mol. The lowest BCUT2D eigenvalue weighted by Gasteiger charge is -2.42. The molecular weight excluding hydrogens is 637 g/mol. The number of aromatic nitrogens is 2. The van der Waals surface area contributed by atoms with Gasteiger partial charge in [0, 0.05) is 73.0 Å². The maximum absolute atomic E-state index is 13.9. The molecule has 0 saturated carbocycles. The molecule has 2 aliphatic heterocycles. The van der Waals surface area contributed by atoms with E-state index in [-0.39, 0.29) is 47.9 Å². The van der Waals surface area contributed by atoms with Gasteiger partial charge >= 0.3 is 5.97 Å². The second-order valence-electron chi connectivity index (χ2n) is 11.5. The molecule has 0 radical (unpaired) electrons. The SMILES string of the molecule is COC1CN([C@H]2C[C@@H](c3ncc(CCC(=O)O)s3)N(C(=O)Cc3cc(Cl)c(NC(=O)c4cn(C)c5ccccc45)cc3Cl)C2)C1. The number of ether oxygens (including phenoxy) is 1. The summed E-state index contributed by atoms with van der Waals surface area (Å²) in [5.74, 6) is -1.28. The highest BCUT2D eigenvalue weighted by Gasteiger charge is 2.43. The van der Waals surface area contributed by atoms with Gasteiger partial charge in [0.1, 0.15) is 5.01 Å². The minimum absolute atomic E-state index is 0.0251. The third-order valence-corrected chi connectivity index (χ3v) is 10.5. The lowest BCUT2D eigenvalue weighted by atomic mass is 10.1. The van der Waals surface area contributed by atoms with E-state index >= 15 is 0 Å². The Balaban J connectivity index is 1.18. The number of aliphatic carboxylic acids is 1. The normalized spacial score (nSPS) is 18.8. The van der Waals surface area contributed by atoms with Crippen LogP contribution in [0.25, 0.3) is 10.9 Å². The molecule has 4 heterocycles. The van der Waals surface area contributed by atoms with Crippen LogP contribution in [0.15, 0.2) is 48.8 Å².